The summed E-state index contributed by atoms with van der Waals surface area (Å²) in [5.41, 5.74) is 0.498. The Morgan fingerprint density at radius 2 is 2.04 bits per heavy atom. The minimum Gasteiger partial charge on any atom is -0.496 e. The number of aryl methyl sites for hydroxylation is 1. The van der Waals surface area contributed by atoms with Crippen LogP contribution in [0.4, 0.5) is 0 Å². The molecule has 1 saturated carbocycles. The van der Waals surface area contributed by atoms with Gasteiger partial charge in [-0.25, -0.2) is 13.1 Å². The third kappa shape index (κ3) is 4.01. The lowest BCUT2D eigenvalue weighted by molar-refractivity contribution is 0.382. The summed E-state index contributed by atoms with van der Waals surface area (Å²) in [6.07, 6.45) is 5.66. The molecule has 1 aliphatic rings. The van der Waals surface area contributed by atoms with Crippen LogP contribution in [-0.4, -0.2) is 31.7 Å². The maximum atomic E-state index is 12.7. The van der Waals surface area contributed by atoms with Crippen LogP contribution in [0.1, 0.15) is 44.9 Å². The number of ether oxygens (including phenoxy) is 1. The Kier molecular flexibility index (Phi) is 5.39. The second-order valence-electron chi connectivity index (χ2n) is 6.18. The number of aromatic nitrogens is 2. The average molecular weight is 365 g/mol. The molecule has 0 radical (unpaired) electrons. The van der Waals surface area contributed by atoms with Gasteiger partial charge in [0.05, 0.1) is 17.6 Å². The average Bonchev–Trinajstić information content (AvgIpc) is 3.10. The Labute approximate surface area is 147 Å². The quantitative estimate of drug-likeness (QED) is 0.846. The van der Waals surface area contributed by atoms with Gasteiger partial charge in [0.1, 0.15) is 5.75 Å². The highest BCUT2D eigenvalue weighted by atomic mass is 32.2. The molecule has 0 aliphatic heterocycles. The van der Waals surface area contributed by atoms with Crippen LogP contribution in [0.25, 0.3) is 11.4 Å². The van der Waals surface area contributed by atoms with Crippen molar-refractivity contribution in [2.75, 3.05) is 7.11 Å². The number of hydrogen-bond acceptors (Lipinski definition) is 6. The van der Waals surface area contributed by atoms with E-state index in [0.717, 1.165) is 25.7 Å². The Hall–Kier alpha value is -1.93. The van der Waals surface area contributed by atoms with E-state index >= 15 is 0 Å². The molecule has 1 fully saturated rings. The van der Waals surface area contributed by atoms with Crippen LogP contribution in [0, 0.1) is 0 Å². The molecule has 0 bridgehead atoms. The smallest absolute Gasteiger partial charge is 0.240 e. The van der Waals surface area contributed by atoms with Crippen molar-refractivity contribution < 1.29 is 17.7 Å². The number of nitrogens with zero attached hydrogens (tertiary/aromatic N) is 2. The van der Waals surface area contributed by atoms with E-state index in [1.54, 1.807) is 6.07 Å². The van der Waals surface area contributed by atoms with Crippen molar-refractivity contribution in [1.82, 2.24) is 14.9 Å². The highest BCUT2D eigenvalue weighted by Crippen LogP contribution is 2.31. The van der Waals surface area contributed by atoms with Gasteiger partial charge in [0.2, 0.25) is 21.7 Å². The Morgan fingerprint density at radius 3 is 2.68 bits per heavy atom. The minimum absolute atomic E-state index is 0.00108. The third-order valence-electron chi connectivity index (χ3n) is 4.42. The molecule has 2 aromatic rings. The molecule has 0 spiro atoms. The number of methoxy groups -OCH3 is 1. The van der Waals surface area contributed by atoms with Gasteiger partial charge in [-0.05, 0) is 31.0 Å². The summed E-state index contributed by atoms with van der Waals surface area (Å²) in [5, 5.41) is 3.92. The lowest BCUT2D eigenvalue weighted by Gasteiger charge is -2.22. The first kappa shape index (κ1) is 17.9. The molecule has 1 N–H and O–H groups in total. The molecule has 7 nitrogen and oxygen atoms in total. The van der Waals surface area contributed by atoms with Crippen LogP contribution < -0.4 is 9.46 Å². The molecule has 0 unspecified atom stereocenters. The van der Waals surface area contributed by atoms with Gasteiger partial charge in [0, 0.05) is 12.5 Å². The molecule has 25 heavy (non-hydrogen) atoms. The second-order valence-corrected chi connectivity index (χ2v) is 7.90. The van der Waals surface area contributed by atoms with Crippen LogP contribution in [0.3, 0.4) is 0 Å². The van der Waals surface area contributed by atoms with E-state index in [2.05, 4.69) is 14.9 Å². The largest absolute Gasteiger partial charge is 0.496 e. The zero-order valence-corrected chi connectivity index (χ0v) is 15.3. The van der Waals surface area contributed by atoms with E-state index in [0.29, 0.717) is 29.4 Å². The summed E-state index contributed by atoms with van der Waals surface area (Å²) in [6.45, 7) is 1.91. The van der Waals surface area contributed by atoms with Crippen molar-refractivity contribution in [2.24, 2.45) is 0 Å². The molecular weight excluding hydrogens is 342 g/mol. The Bertz CT molecular complexity index is 826. The topological polar surface area (TPSA) is 94.3 Å². The second kappa shape index (κ2) is 7.53. The molecule has 1 aliphatic carbocycles. The summed E-state index contributed by atoms with van der Waals surface area (Å²) >= 11 is 0. The Morgan fingerprint density at radius 1 is 1.28 bits per heavy atom. The summed E-state index contributed by atoms with van der Waals surface area (Å²) in [7, 11) is -2.08. The number of hydrogen-bond donors (Lipinski definition) is 1. The van der Waals surface area contributed by atoms with Gasteiger partial charge in [0.15, 0.2) is 0 Å². The van der Waals surface area contributed by atoms with Crippen molar-refractivity contribution in [3.63, 3.8) is 0 Å². The first-order valence-electron chi connectivity index (χ1n) is 8.57. The lowest BCUT2D eigenvalue weighted by Crippen LogP contribution is -2.36. The molecule has 1 heterocycles. The standard InChI is InChI=1S/C17H23N3O4S/c1-3-16-18-17(19-24-16)14-11-13(9-10-15(14)23-2)25(21,22)20-12-7-5-4-6-8-12/h9-12,20H,3-8H2,1-2H3. The van der Waals surface area contributed by atoms with Gasteiger partial charge >= 0.3 is 0 Å². The fraction of sp³-hybridized carbons (Fsp3) is 0.529. The molecule has 136 valence electrons. The van der Waals surface area contributed by atoms with Gasteiger partial charge in [-0.2, -0.15) is 4.98 Å². The Balaban J connectivity index is 1.92. The fourth-order valence-corrected chi connectivity index (χ4v) is 4.38. The third-order valence-corrected chi connectivity index (χ3v) is 5.94. The summed E-state index contributed by atoms with van der Waals surface area (Å²) in [4.78, 5) is 4.45. The van der Waals surface area contributed by atoms with Crippen LogP contribution in [0.15, 0.2) is 27.6 Å². The van der Waals surface area contributed by atoms with E-state index in [9.17, 15) is 8.42 Å². The zero-order valence-electron chi connectivity index (χ0n) is 14.5. The van der Waals surface area contributed by atoms with Crippen LogP contribution in [0.2, 0.25) is 0 Å². The maximum Gasteiger partial charge on any atom is 0.240 e. The monoisotopic (exact) mass is 365 g/mol. The van der Waals surface area contributed by atoms with E-state index in [-0.39, 0.29) is 10.9 Å². The number of rotatable bonds is 6. The van der Waals surface area contributed by atoms with Crippen molar-refractivity contribution in [2.45, 2.75) is 56.4 Å². The van der Waals surface area contributed by atoms with E-state index in [4.69, 9.17) is 9.26 Å². The van der Waals surface area contributed by atoms with E-state index in [1.807, 2.05) is 6.92 Å². The van der Waals surface area contributed by atoms with Gasteiger partial charge in [0.25, 0.3) is 0 Å². The van der Waals surface area contributed by atoms with Crippen LogP contribution in [-0.2, 0) is 16.4 Å². The molecule has 3 rings (SSSR count). The number of nitrogens with one attached hydrogen (secondary N) is 1. The van der Waals surface area contributed by atoms with Crippen molar-refractivity contribution in [1.29, 1.82) is 0 Å². The van der Waals surface area contributed by atoms with Crippen molar-refractivity contribution in [3.05, 3.63) is 24.1 Å². The molecular formula is C17H23N3O4S. The van der Waals surface area contributed by atoms with Crippen molar-refractivity contribution >= 4 is 10.0 Å². The predicted octanol–water partition coefficient (Wildman–Crippen LogP) is 2.92. The van der Waals surface area contributed by atoms with E-state index < -0.39 is 10.0 Å². The molecule has 0 saturated heterocycles. The van der Waals surface area contributed by atoms with Gasteiger partial charge < -0.3 is 9.26 Å². The lowest BCUT2D eigenvalue weighted by atomic mass is 9.96. The van der Waals surface area contributed by atoms with Crippen molar-refractivity contribution in [3.8, 4) is 17.1 Å². The van der Waals surface area contributed by atoms with E-state index in [1.165, 1.54) is 25.7 Å². The minimum atomic E-state index is -3.61. The highest BCUT2D eigenvalue weighted by molar-refractivity contribution is 7.89. The van der Waals surface area contributed by atoms with Crippen LogP contribution >= 0.6 is 0 Å². The predicted molar refractivity (Wildman–Crippen MR) is 92.9 cm³/mol. The number of benzene rings is 1. The molecule has 8 heteroatoms. The SMILES string of the molecule is CCc1nc(-c2cc(S(=O)(=O)NC3CCCCC3)ccc2OC)no1. The van der Waals surface area contributed by atoms with Gasteiger partial charge in [-0.1, -0.05) is 31.3 Å². The summed E-state index contributed by atoms with van der Waals surface area (Å²) in [5.74, 6) is 1.31. The maximum absolute atomic E-state index is 12.7. The summed E-state index contributed by atoms with van der Waals surface area (Å²) in [6, 6.07) is 4.69. The van der Waals surface area contributed by atoms with Gasteiger partial charge in [-0.15, -0.1) is 0 Å². The first-order chi connectivity index (χ1) is 12.0. The van der Waals surface area contributed by atoms with Crippen LogP contribution in [0.5, 0.6) is 5.75 Å². The van der Waals surface area contributed by atoms with Gasteiger partial charge in [-0.3, -0.25) is 0 Å². The molecule has 1 aromatic heterocycles. The number of sulfonamides is 1. The highest BCUT2D eigenvalue weighted by Gasteiger charge is 2.24. The molecule has 0 atom stereocenters. The normalized spacial score (nSPS) is 16.1. The summed E-state index contributed by atoms with van der Waals surface area (Å²) < 4.78 is 38.7. The zero-order chi connectivity index (χ0) is 17.9. The molecule has 0 amide bonds. The first-order valence-corrected chi connectivity index (χ1v) is 10.0. The fourth-order valence-electron chi connectivity index (χ4n) is 3.04. The molecule has 1 aromatic carbocycles.